The molecule has 0 saturated carbocycles. The van der Waals surface area contributed by atoms with E-state index in [4.69, 9.17) is 5.11 Å². The van der Waals surface area contributed by atoms with Crippen LogP contribution in [0.1, 0.15) is 37.1 Å². The van der Waals surface area contributed by atoms with E-state index in [1.165, 1.54) is 0 Å². The van der Waals surface area contributed by atoms with Gasteiger partial charge in [-0.2, -0.15) is 0 Å². The molecule has 0 atom stereocenters. The van der Waals surface area contributed by atoms with Crippen molar-refractivity contribution in [1.29, 1.82) is 0 Å². The van der Waals surface area contributed by atoms with Crippen LogP contribution in [0, 0.1) is 6.92 Å². The first kappa shape index (κ1) is 16.9. The Morgan fingerprint density at radius 1 is 1.29 bits per heavy atom. The molecule has 6 heteroatoms. The highest BCUT2D eigenvalue weighted by atomic mass is 16.4. The van der Waals surface area contributed by atoms with Gasteiger partial charge in [-0.25, -0.2) is 4.79 Å². The van der Waals surface area contributed by atoms with Gasteiger partial charge in [-0.1, -0.05) is 12.5 Å². The zero-order chi connectivity index (χ0) is 15.7. The third-order valence-corrected chi connectivity index (χ3v) is 3.04. The maximum atomic E-state index is 11.9. The SMILES string of the molecule is Cc1cccc(CN(C)C(=O)NCCCCCC(=O)O)n1. The Bertz CT molecular complexity index is 477. The van der Waals surface area contributed by atoms with E-state index < -0.39 is 5.97 Å². The molecule has 0 saturated heterocycles. The van der Waals surface area contributed by atoms with Crippen molar-refractivity contribution in [2.75, 3.05) is 13.6 Å². The van der Waals surface area contributed by atoms with E-state index in [1.54, 1.807) is 11.9 Å². The number of hydrogen-bond donors (Lipinski definition) is 2. The van der Waals surface area contributed by atoms with Crippen LogP contribution in [0.4, 0.5) is 4.79 Å². The highest BCUT2D eigenvalue weighted by Crippen LogP contribution is 2.02. The first-order chi connectivity index (χ1) is 9.99. The summed E-state index contributed by atoms with van der Waals surface area (Å²) >= 11 is 0. The van der Waals surface area contributed by atoms with E-state index in [9.17, 15) is 9.59 Å². The van der Waals surface area contributed by atoms with Gasteiger partial charge in [0, 0.05) is 25.7 Å². The Balaban J connectivity index is 2.21. The number of hydrogen-bond acceptors (Lipinski definition) is 3. The van der Waals surface area contributed by atoms with Gasteiger partial charge in [0.15, 0.2) is 0 Å². The molecule has 0 aliphatic heterocycles. The molecule has 116 valence electrons. The predicted molar refractivity (Wildman–Crippen MR) is 79.9 cm³/mol. The van der Waals surface area contributed by atoms with Crippen LogP contribution in [0.2, 0.25) is 0 Å². The van der Waals surface area contributed by atoms with E-state index in [0.29, 0.717) is 19.5 Å². The van der Waals surface area contributed by atoms with Gasteiger partial charge in [-0.3, -0.25) is 9.78 Å². The van der Waals surface area contributed by atoms with Crippen LogP contribution < -0.4 is 5.32 Å². The fourth-order valence-electron chi connectivity index (χ4n) is 1.91. The monoisotopic (exact) mass is 293 g/mol. The zero-order valence-electron chi connectivity index (χ0n) is 12.6. The largest absolute Gasteiger partial charge is 0.481 e. The van der Waals surface area contributed by atoms with Gasteiger partial charge < -0.3 is 15.3 Å². The molecule has 1 aromatic heterocycles. The van der Waals surface area contributed by atoms with Gasteiger partial charge in [0.2, 0.25) is 0 Å². The second kappa shape index (κ2) is 8.94. The van der Waals surface area contributed by atoms with Crippen molar-refractivity contribution in [2.24, 2.45) is 0 Å². The van der Waals surface area contributed by atoms with Crippen molar-refractivity contribution < 1.29 is 14.7 Å². The minimum Gasteiger partial charge on any atom is -0.481 e. The van der Waals surface area contributed by atoms with Gasteiger partial charge in [0.1, 0.15) is 0 Å². The van der Waals surface area contributed by atoms with Crippen molar-refractivity contribution >= 4 is 12.0 Å². The molecule has 0 aliphatic carbocycles. The Labute approximate surface area is 125 Å². The van der Waals surface area contributed by atoms with Crippen LogP contribution in [-0.2, 0) is 11.3 Å². The van der Waals surface area contributed by atoms with Gasteiger partial charge in [0.25, 0.3) is 0 Å². The number of unbranched alkanes of at least 4 members (excludes halogenated alkanes) is 2. The lowest BCUT2D eigenvalue weighted by atomic mass is 10.2. The summed E-state index contributed by atoms with van der Waals surface area (Å²) in [6.07, 6.45) is 2.42. The second-order valence-corrected chi connectivity index (χ2v) is 5.06. The molecule has 0 unspecified atom stereocenters. The molecule has 0 aromatic carbocycles. The molecule has 6 nitrogen and oxygen atoms in total. The number of carboxylic acid groups (broad SMARTS) is 1. The van der Waals surface area contributed by atoms with Crippen molar-refractivity contribution in [3.05, 3.63) is 29.6 Å². The molecule has 0 fully saturated rings. The van der Waals surface area contributed by atoms with Crippen LogP contribution >= 0.6 is 0 Å². The zero-order valence-corrected chi connectivity index (χ0v) is 12.6. The Kier molecular flexibility index (Phi) is 7.21. The fourth-order valence-corrected chi connectivity index (χ4v) is 1.91. The van der Waals surface area contributed by atoms with E-state index in [0.717, 1.165) is 24.2 Å². The van der Waals surface area contributed by atoms with Crippen LogP contribution in [-0.4, -0.2) is 40.6 Å². The van der Waals surface area contributed by atoms with E-state index >= 15 is 0 Å². The van der Waals surface area contributed by atoms with Crippen molar-refractivity contribution in [1.82, 2.24) is 15.2 Å². The number of urea groups is 1. The summed E-state index contributed by atoms with van der Waals surface area (Å²) in [5, 5.41) is 11.3. The Morgan fingerprint density at radius 3 is 2.71 bits per heavy atom. The van der Waals surface area contributed by atoms with Gasteiger partial charge in [0.05, 0.1) is 12.2 Å². The molecule has 1 rings (SSSR count). The van der Waals surface area contributed by atoms with Crippen molar-refractivity contribution in [2.45, 2.75) is 39.2 Å². The summed E-state index contributed by atoms with van der Waals surface area (Å²) in [5.41, 5.74) is 1.79. The lowest BCUT2D eigenvalue weighted by Crippen LogP contribution is -2.37. The summed E-state index contributed by atoms with van der Waals surface area (Å²) in [6.45, 7) is 2.94. The second-order valence-electron chi connectivity index (χ2n) is 5.06. The van der Waals surface area contributed by atoms with Gasteiger partial charge >= 0.3 is 12.0 Å². The highest BCUT2D eigenvalue weighted by molar-refractivity contribution is 5.73. The predicted octanol–water partition coefficient (Wildman–Crippen LogP) is 2.18. The van der Waals surface area contributed by atoms with Gasteiger partial charge in [-0.15, -0.1) is 0 Å². The molecule has 2 N–H and O–H groups in total. The molecule has 2 amide bonds. The quantitative estimate of drug-likeness (QED) is 0.720. The first-order valence-corrected chi connectivity index (χ1v) is 7.12. The number of nitrogens with one attached hydrogen (secondary N) is 1. The number of aryl methyl sites for hydroxylation is 1. The molecular weight excluding hydrogens is 270 g/mol. The summed E-state index contributed by atoms with van der Waals surface area (Å²) in [5.74, 6) is -0.774. The third kappa shape index (κ3) is 7.29. The average molecular weight is 293 g/mol. The number of carboxylic acids is 1. The Morgan fingerprint density at radius 2 is 2.05 bits per heavy atom. The molecule has 0 aliphatic rings. The fraction of sp³-hybridized carbons (Fsp3) is 0.533. The highest BCUT2D eigenvalue weighted by Gasteiger charge is 2.09. The first-order valence-electron chi connectivity index (χ1n) is 7.12. The number of rotatable bonds is 8. The summed E-state index contributed by atoms with van der Waals surface area (Å²) in [7, 11) is 1.73. The number of amides is 2. The maximum Gasteiger partial charge on any atom is 0.317 e. The molecular formula is C15H23N3O3. The van der Waals surface area contributed by atoms with Gasteiger partial charge in [-0.05, 0) is 31.9 Å². The van der Waals surface area contributed by atoms with E-state index in [1.807, 2.05) is 25.1 Å². The number of nitrogens with zero attached hydrogens (tertiary/aromatic N) is 2. The molecule has 0 radical (unpaired) electrons. The number of aliphatic carboxylic acids is 1. The number of aromatic nitrogens is 1. The minimum atomic E-state index is -0.774. The number of carbonyl (C=O) groups is 2. The Hall–Kier alpha value is -2.11. The molecule has 21 heavy (non-hydrogen) atoms. The molecule has 1 heterocycles. The van der Waals surface area contributed by atoms with Crippen LogP contribution in [0.3, 0.4) is 0 Å². The minimum absolute atomic E-state index is 0.142. The normalized spacial score (nSPS) is 10.2. The van der Waals surface area contributed by atoms with Crippen molar-refractivity contribution in [3.8, 4) is 0 Å². The average Bonchev–Trinajstić information content (AvgIpc) is 2.42. The van der Waals surface area contributed by atoms with Crippen molar-refractivity contribution in [3.63, 3.8) is 0 Å². The van der Waals surface area contributed by atoms with E-state index in [-0.39, 0.29) is 12.5 Å². The van der Waals surface area contributed by atoms with Crippen LogP contribution in [0.5, 0.6) is 0 Å². The molecule has 0 spiro atoms. The smallest absolute Gasteiger partial charge is 0.317 e. The molecule has 0 bridgehead atoms. The van der Waals surface area contributed by atoms with Crippen LogP contribution in [0.25, 0.3) is 0 Å². The standard InChI is InChI=1S/C15H23N3O3/c1-12-7-6-8-13(17-12)11-18(2)15(21)16-10-5-3-4-9-14(19)20/h6-8H,3-5,9-11H2,1-2H3,(H,16,21)(H,19,20). The lowest BCUT2D eigenvalue weighted by molar-refractivity contribution is -0.137. The summed E-state index contributed by atoms with van der Waals surface area (Å²) < 4.78 is 0. The third-order valence-electron chi connectivity index (χ3n) is 3.04. The van der Waals surface area contributed by atoms with E-state index in [2.05, 4.69) is 10.3 Å². The number of pyridine rings is 1. The van der Waals surface area contributed by atoms with Crippen LogP contribution in [0.15, 0.2) is 18.2 Å². The summed E-state index contributed by atoms with van der Waals surface area (Å²) in [4.78, 5) is 28.1. The lowest BCUT2D eigenvalue weighted by Gasteiger charge is -2.17. The number of carbonyl (C=O) groups excluding carboxylic acids is 1. The molecule has 1 aromatic rings. The summed E-state index contributed by atoms with van der Waals surface area (Å²) in [6, 6.07) is 5.59. The topological polar surface area (TPSA) is 82.5 Å². The maximum absolute atomic E-state index is 11.9.